The van der Waals surface area contributed by atoms with Gasteiger partial charge in [0.25, 0.3) is 0 Å². The van der Waals surface area contributed by atoms with Crippen LogP contribution in [0.5, 0.6) is 5.75 Å². The van der Waals surface area contributed by atoms with Crippen molar-refractivity contribution in [3.63, 3.8) is 0 Å². The average Bonchev–Trinajstić information content (AvgIpc) is 2.54. The van der Waals surface area contributed by atoms with Gasteiger partial charge in [-0.05, 0) is 43.9 Å². The van der Waals surface area contributed by atoms with Crippen LogP contribution in [0.2, 0.25) is 0 Å². The summed E-state index contributed by atoms with van der Waals surface area (Å²) in [7, 11) is 1.63. The number of carboxylic acid groups (broad SMARTS) is 1. The summed E-state index contributed by atoms with van der Waals surface area (Å²) in [6.07, 6.45) is 1.76. The number of benzene rings is 1. The molecule has 1 aliphatic rings. The Labute approximate surface area is 136 Å². The van der Waals surface area contributed by atoms with Gasteiger partial charge in [-0.1, -0.05) is 12.1 Å². The number of methoxy groups -OCH3 is 1. The standard InChI is InChI=1S/C17H24N2O4/c1-12(10-13-4-3-5-15(11-13)23-2)18-17(22)19-8-6-14(7-9-19)16(20)21/h3-5,11-12,14H,6-10H2,1-2H3,(H,18,22)(H,20,21). The van der Waals surface area contributed by atoms with Crippen LogP contribution in [0.1, 0.15) is 25.3 Å². The molecule has 2 amide bonds. The number of aliphatic carboxylic acids is 1. The number of amides is 2. The predicted octanol–water partition coefficient (Wildman–Crippen LogP) is 2.13. The number of piperidine rings is 1. The second kappa shape index (κ2) is 7.85. The molecule has 1 aromatic rings. The lowest BCUT2D eigenvalue weighted by Crippen LogP contribution is -2.48. The van der Waals surface area contributed by atoms with Gasteiger partial charge in [-0.25, -0.2) is 4.79 Å². The topological polar surface area (TPSA) is 78.9 Å². The molecule has 1 fully saturated rings. The Morgan fingerprint density at radius 3 is 2.70 bits per heavy atom. The van der Waals surface area contributed by atoms with Gasteiger partial charge in [0, 0.05) is 19.1 Å². The highest BCUT2D eigenvalue weighted by Gasteiger charge is 2.27. The maximum absolute atomic E-state index is 12.2. The van der Waals surface area contributed by atoms with Crippen molar-refractivity contribution in [2.24, 2.45) is 5.92 Å². The molecule has 2 N–H and O–H groups in total. The molecule has 1 atom stereocenters. The minimum absolute atomic E-state index is 0.00759. The number of nitrogens with zero attached hydrogens (tertiary/aromatic N) is 1. The molecule has 1 heterocycles. The molecule has 0 spiro atoms. The monoisotopic (exact) mass is 320 g/mol. The SMILES string of the molecule is COc1cccc(CC(C)NC(=O)N2CCC(C(=O)O)CC2)c1. The van der Waals surface area contributed by atoms with Gasteiger partial charge >= 0.3 is 12.0 Å². The summed E-state index contributed by atoms with van der Waals surface area (Å²) in [6, 6.07) is 7.65. The van der Waals surface area contributed by atoms with Crippen molar-refractivity contribution in [3.8, 4) is 5.75 Å². The zero-order chi connectivity index (χ0) is 16.8. The normalized spacial score (nSPS) is 16.7. The van der Waals surface area contributed by atoms with Crippen LogP contribution in [-0.4, -0.2) is 48.2 Å². The first-order valence-electron chi connectivity index (χ1n) is 7.90. The van der Waals surface area contributed by atoms with E-state index in [1.165, 1.54) is 0 Å². The van der Waals surface area contributed by atoms with E-state index in [0.717, 1.165) is 11.3 Å². The van der Waals surface area contributed by atoms with Gasteiger partial charge < -0.3 is 20.1 Å². The lowest BCUT2D eigenvalue weighted by Gasteiger charge is -2.31. The number of carbonyl (C=O) groups is 2. The summed E-state index contributed by atoms with van der Waals surface area (Å²) in [5, 5.41) is 12.0. The number of ether oxygens (including phenoxy) is 1. The maximum Gasteiger partial charge on any atom is 0.317 e. The Kier molecular flexibility index (Phi) is 5.84. The van der Waals surface area contributed by atoms with Gasteiger partial charge in [0.2, 0.25) is 0 Å². The first-order valence-corrected chi connectivity index (χ1v) is 7.90. The Hall–Kier alpha value is -2.24. The smallest absolute Gasteiger partial charge is 0.317 e. The van der Waals surface area contributed by atoms with E-state index in [9.17, 15) is 9.59 Å². The molecule has 2 rings (SSSR count). The molecule has 1 aromatic carbocycles. The Balaban J connectivity index is 1.81. The summed E-state index contributed by atoms with van der Waals surface area (Å²) >= 11 is 0. The van der Waals surface area contributed by atoms with Crippen molar-refractivity contribution in [2.75, 3.05) is 20.2 Å². The number of rotatable bonds is 5. The highest BCUT2D eigenvalue weighted by Crippen LogP contribution is 2.18. The molecule has 6 nitrogen and oxygen atoms in total. The van der Waals surface area contributed by atoms with E-state index in [0.29, 0.717) is 32.4 Å². The molecule has 0 aromatic heterocycles. The third-order valence-corrected chi connectivity index (χ3v) is 4.18. The highest BCUT2D eigenvalue weighted by molar-refractivity contribution is 5.75. The molecule has 1 unspecified atom stereocenters. The first kappa shape index (κ1) is 17.1. The second-order valence-corrected chi connectivity index (χ2v) is 6.01. The predicted molar refractivity (Wildman–Crippen MR) is 86.6 cm³/mol. The summed E-state index contributed by atoms with van der Waals surface area (Å²) in [5.41, 5.74) is 1.10. The quantitative estimate of drug-likeness (QED) is 0.871. The van der Waals surface area contributed by atoms with Gasteiger partial charge in [0.1, 0.15) is 5.75 Å². The highest BCUT2D eigenvalue weighted by atomic mass is 16.5. The van der Waals surface area contributed by atoms with Crippen LogP contribution in [0.25, 0.3) is 0 Å². The van der Waals surface area contributed by atoms with E-state index in [1.807, 2.05) is 31.2 Å². The van der Waals surface area contributed by atoms with Crippen molar-refractivity contribution >= 4 is 12.0 Å². The van der Waals surface area contributed by atoms with Gasteiger partial charge in [0.15, 0.2) is 0 Å². The first-order chi connectivity index (χ1) is 11.0. The molecule has 23 heavy (non-hydrogen) atoms. The summed E-state index contributed by atoms with van der Waals surface area (Å²) in [6.45, 7) is 2.95. The van der Waals surface area contributed by atoms with Crippen LogP contribution < -0.4 is 10.1 Å². The van der Waals surface area contributed by atoms with Gasteiger partial charge in [-0.15, -0.1) is 0 Å². The van der Waals surface area contributed by atoms with Crippen molar-refractivity contribution in [3.05, 3.63) is 29.8 Å². The Morgan fingerprint density at radius 1 is 1.39 bits per heavy atom. The van der Waals surface area contributed by atoms with Crippen molar-refractivity contribution in [1.82, 2.24) is 10.2 Å². The van der Waals surface area contributed by atoms with Crippen molar-refractivity contribution in [2.45, 2.75) is 32.2 Å². The number of nitrogens with one attached hydrogen (secondary N) is 1. The van der Waals surface area contributed by atoms with Crippen molar-refractivity contribution < 1.29 is 19.4 Å². The maximum atomic E-state index is 12.2. The lowest BCUT2D eigenvalue weighted by molar-refractivity contribution is -0.143. The molecular weight excluding hydrogens is 296 g/mol. The third-order valence-electron chi connectivity index (χ3n) is 4.18. The number of carbonyl (C=O) groups excluding carboxylic acids is 1. The van der Waals surface area contributed by atoms with E-state index in [4.69, 9.17) is 9.84 Å². The molecule has 0 saturated carbocycles. The fourth-order valence-electron chi connectivity index (χ4n) is 2.84. The third kappa shape index (κ3) is 4.87. The van der Waals surface area contributed by atoms with E-state index >= 15 is 0 Å². The number of likely N-dealkylation sites (tertiary alicyclic amines) is 1. The molecular formula is C17H24N2O4. The number of urea groups is 1. The number of carboxylic acids is 1. The van der Waals surface area contributed by atoms with Crippen LogP contribution in [0.4, 0.5) is 4.79 Å². The largest absolute Gasteiger partial charge is 0.497 e. The van der Waals surface area contributed by atoms with Gasteiger partial charge in [-0.2, -0.15) is 0 Å². The fourth-order valence-corrected chi connectivity index (χ4v) is 2.84. The molecule has 126 valence electrons. The lowest BCUT2D eigenvalue weighted by atomic mass is 9.97. The molecule has 0 bridgehead atoms. The minimum Gasteiger partial charge on any atom is -0.497 e. The van der Waals surface area contributed by atoms with E-state index in [-0.39, 0.29) is 18.0 Å². The molecule has 1 aliphatic heterocycles. The summed E-state index contributed by atoms with van der Waals surface area (Å²) in [5.74, 6) is -0.290. The van der Waals surface area contributed by atoms with Crippen molar-refractivity contribution in [1.29, 1.82) is 0 Å². The van der Waals surface area contributed by atoms with Crippen LogP contribution in [0.15, 0.2) is 24.3 Å². The van der Waals surface area contributed by atoms with Crippen LogP contribution in [-0.2, 0) is 11.2 Å². The zero-order valence-electron chi connectivity index (χ0n) is 13.6. The minimum atomic E-state index is -0.767. The number of hydrogen-bond acceptors (Lipinski definition) is 3. The fraction of sp³-hybridized carbons (Fsp3) is 0.529. The van der Waals surface area contributed by atoms with Crippen LogP contribution in [0, 0.1) is 5.92 Å². The average molecular weight is 320 g/mol. The molecule has 6 heteroatoms. The van der Waals surface area contributed by atoms with Crippen LogP contribution in [0.3, 0.4) is 0 Å². The number of hydrogen-bond donors (Lipinski definition) is 2. The summed E-state index contributed by atoms with van der Waals surface area (Å²) in [4.78, 5) is 24.9. The zero-order valence-corrected chi connectivity index (χ0v) is 13.6. The van der Waals surface area contributed by atoms with Crippen LogP contribution >= 0.6 is 0 Å². The Morgan fingerprint density at radius 2 is 2.09 bits per heavy atom. The van der Waals surface area contributed by atoms with E-state index in [1.54, 1.807) is 12.0 Å². The second-order valence-electron chi connectivity index (χ2n) is 6.01. The Bertz CT molecular complexity index is 553. The van der Waals surface area contributed by atoms with E-state index in [2.05, 4.69) is 5.32 Å². The molecule has 0 aliphatic carbocycles. The summed E-state index contributed by atoms with van der Waals surface area (Å²) < 4.78 is 5.20. The molecule has 0 radical (unpaired) electrons. The van der Waals surface area contributed by atoms with E-state index < -0.39 is 5.97 Å². The van der Waals surface area contributed by atoms with Gasteiger partial charge in [-0.3, -0.25) is 4.79 Å². The van der Waals surface area contributed by atoms with Gasteiger partial charge in [0.05, 0.1) is 13.0 Å². The molecule has 1 saturated heterocycles.